The fourth-order valence-electron chi connectivity index (χ4n) is 4.13. The third-order valence-electron chi connectivity index (χ3n) is 6.00. The number of halogens is 4. The molecule has 3 aromatic carbocycles. The van der Waals surface area contributed by atoms with Gasteiger partial charge in [-0.3, -0.25) is 4.79 Å². The smallest absolute Gasteiger partial charge is 0.416 e. The Bertz CT molecular complexity index is 1630. The largest absolute Gasteiger partial charge is 0.495 e. The molecular weight excluding hydrogens is 547 g/mol. The average molecular weight is 568 g/mol. The Morgan fingerprint density at radius 2 is 1.77 bits per heavy atom. The maximum absolute atomic E-state index is 13.1. The highest BCUT2D eigenvalue weighted by molar-refractivity contribution is 6.35. The molecular formula is C28H21ClF3N5O3. The molecule has 0 fully saturated rings. The van der Waals surface area contributed by atoms with Crippen molar-refractivity contribution in [1.82, 2.24) is 4.98 Å². The lowest BCUT2D eigenvalue weighted by atomic mass is 10.1. The number of nitrogens with one attached hydrogen (secondary N) is 5. The summed E-state index contributed by atoms with van der Waals surface area (Å²) < 4.78 is 44.6. The maximum Gasteiger partial charge on any atom is 0.416 e. The van der Waals surface area contributed by atoms with Crippen molar-refractivity contribution in [1.29, 1.82) is 0 Å². The van der Waals surface area contributed by atoms with Gasteiger partial charge in [-0.05, 0) is 66.7 Å². The highest BCUT2D eigenvalue weighted by Gasteiger charge is 2.31. The molecule has 1 aliphatic heterocycles. The normalized spacial score (nSPS) is 13.5. The van der Waals surface area contributed by atoms with Crippen LogP contribution in [-0.2, 0) is 11.0 Å². The van der Waals surface area contributed by atoms with Gasteiger partial charge in [-0.1, -0.05) is 17.7 Å². The first-order chi connectivity index (χ1) is 19.1. The van der Waals surface area contributed by atoms with E-state index in [2.05, 4.69) is 26.3 Å². The van der Waals surface area contributed by atoms with Crippen molar-refractivity contribution >= 4 is 63.6 Å². The summed E-state index contributed by atoms with van der Waals surface area (Å²) in [7, 11) is 1.48. The van der Waals surface area contributed by atoms with Crippen LogP contribution in [0.5, 0.6) is 5.75 Å². The summed E-state index contributed by atoms with van der Waals surface area (Å²) in [6.07, 6.45) is -1.05. The van der Waals surface area contributed by atoms with Crippen LogP contribution in [0.2, 0.25) is 5.02 Å². The fraction of sp³-hybridized carbons (Fsp3) is 0.0714. The van der Waals surface area contributed by atoms with Gasteiger partial charge >= 0.3 is 12.2 Å². The molecule has 0 radical (unpaired) electrons. The SMILES string of the molecule is COc1ccc(NC(=O)Nc2cc(C(F)(F)F)ccc2Cl)cc1Nc1ccc2c(c1)NC(=O)C2=Cc1ccc[nH]1. The van der Waals surface area contributed by atoms with E-state index in [9.17, 15) is 22.8 Å². The zero-order valence-corrected chi connectivity index (χ0v) is 21.5. The standard InChI is InChI=1S/C28H21ClF3N5O3/c1-40-25-9-6-18(35-27(39)37-23-11-15(28(30,31)32)4-8-21(23)29)14-24(25)34-17-5-7-19-20(12-16-3-2-10-33-16)26(38)36-22(19)13-17/h2-14,33-34H,1H3,(H,36,38)(H2,35,37,39). The van der Waals surface area contributed by atoms with Crippen molar-refractivity contribution < 1.29 is 27.5 Å². The molecule has 3 amide bonds. The summed E-state index contributed by atoms with van der Waals surface area (Å²) in [5.74, 6) is 0.237. The predicted molar refractivity (Wildman–Crippen MR) is 149 cm³/mol. The van der Waals surface area contributed by atoms with E-state index in [0.29, 0.717) is 34.1 Å². The number of urea groups is 1. The van der Waals surface area contributed by atoms with Gasteiger partial charge in [0.15, 0.2) is 0 Å². The van der Waals surface area contributed by atoms with E-state index in [1.165, 1.54) is 7.11 Å². The van der Waals surface area contributed by atoms with Crippen molar-refractivity contribution in [3.63, 3.8) is 0 Å². The molecule has 0 bridgehead atoms. The third kappa shape index (κ3) is 5.74. The number of ether oxygens (including phenoxy) is 1. The Labute approximate surface area is 231 Å². The minimum absolute atomic E-state index is 0.0464. The minimum Gasteiger partial charge on any atom is -0.495 e. The second-order valence-electron chi connectivity index (χ2n) is 8.71. The summed E-state index contributed by atoms with van der Waals surface area (Å²) in [6, 6.07) is 15.7. The first-order valence-electron chi connectivity index (χ1n) is 11.8. The van der Waals surface area contributed by atoms with Gasteiger partial charge in [-0.15, -0.1) is 0 Å². The summed E-state index contributed by atoms with van der Waals surface area (Å²) in [5.41, 5.74) is 3.02. The van der Waals surface area contributed by atoms with Crippen molar-refractivity contribution in [2.45, 2.75) is 6.18 Å². The van der Waals surface area contributed by atoms with E-state index in [-0.39, 0.29) is 16.6 Å². The van der Waals surface area contributed by atoms with Gasteiger partial charge < -0.3 is 31.0 Å². The average Bonchev–Trinajstić information content (AvgIpc) is 3.52. The number of rotatable bonds is 6. The van der Waals surface area contributed by atoms with Crippen LogP contribution >= 0.6 is 11.6 Å². The molecule has 0 unspecified atom stereocenters. The molecule has 0 saturated carbocycles. The Morgan fingerprint density at radius 3 is 2.50 bits per heavy atom. The number of methoxy groups -OCH3 is 1. The topological polar surface area (TPSA) is 107 Å². The summed E-state index contributed by atoms with van der Waals surface area (Å²) in [5, 5.41) is 10.9. The molecule has 0 spiro atoms. The molecule has 12 heteroatoms. The van der Waals surface area contributed by atoms with Crippen LogP contribution in [0.15, 0.2) is 72.9 Å². The first kappa shape index (κ1) is 26.7. The number of hydrogen-bond donors (Lipinski definition) is 5. The van der Waals surface area contributed by atoms with Crippen LogP contribution in [0.3, 0.4) is 0 Å². The maximum atomic E-state index is 13.1. The van der Waals surface area contributed by atoms with Gasteiger partial charge in [-0.25, -0.2) is 4.79 Å². The predicted octanol–water partition coefficient (Wildman–Crippen LogP) is 7.58. The lowest BCUT2D eigenvalue weighted by molar-refractivity contribution is -0.137. The minimum atomic E-state index is -4.59. The molecule has 40 heavy (non-hydrogen) atoms. The summed E-state index contributed by atoms with van der Waals surface area (Å²) in [4.78, 5) is 28.2. The van der Waals surface area contributed by atoms with Crippen LogP contribution in [-0.4, -0.2) is 24.0 Å². The van der Waals surface area contributed by atoms with Crippen molar-refractivity contribution in [2.24, 2.45) is 0 Å². The number of aromatic amines is 1. The molecule has 5 rings (SSSR count). The fourth-order valence-corrected chi connectivity index (χ4v) is 4.29. The monoisotopic (exact) mass is 567 g/mol. The molecule has 0 aliphatic carbocycles. The number of fused-ring (bicyclic) bond motifs is 1. The number of carbonyl (C=O) groups is 2. The Kier molecular flexibility index (Phi) is 7.14. The van der Waals surface area contributed by atoms with Gasteiger partial charge in [0.1, 0.15) is 5.75 Å². The molecule has 5 N–H and O–H groups in total. The van der Waals surface area contributed by atoms with E-state index in [4.69, 9.17) is 16.3 Å². The number of benzene rings is 3. The van der Waals surface area contributed by atoms with Gasteiger partial charge in [-0.2, -0.15) is 13.2 Å². The van der Waals surface area contributed by atoms with Gasteiger partial charge in [0.05, 0.1) is 40.3 Å². The number of carbonyl (C=O) groups excluding carboxylic acids is 2. The number of H-pyrrole nitrogens is 1. The summed E-state index contributed by atoms with van der Waals surface area (Å²) in [6.45, 7) is 0. The Balaban J connectivity index is 1.33. The van der Waals surface area contributed by atoms with E-state index < -0.39 is 17.8 Å². The highest BCUT2D eigenvalue weighted by Crippen LogP contribution is 2.38. The second-order valence-corrected chi connectivity index (χ2v) is 9.12. The van der Waals surface area contributed by atoms with Gasteiger partial charge in [0.25, 0.3) is 5.91 Å². The Hall–Kier alpha value is -4.90. The molecule has 0 atom stereocenters. The van der Waals surface area contributed by atoms with Crippen LogP contribution in [0, 0.1) is 0 Å². The van der Waals surface area contributed by atoms with E-state index >= 15 is 0 Å². The van der Waals surface area contributed by atoms with Crippen molar-refractivity contribution in [2.75, 3.05) is 28.4 Å². The molecule has 1 aromatic heterocycles. The van der Waals surface area contributed by atoms with Crippen molar-refractivity contribution in [3.05, 3.63) is 94.8 Å². The Morgan fingerprint density at radius 1 is 0.975 bits per heavy atom. The molecule has 2 heterocycles. The molecule has 8 nitrogen and oxygen atoms in total. The van der Waals surface area contributed by atoms with Crippen LogP contribution in [0.25, 0.3) is 11.6 Å². The number of alkyl halides is 3. The molecule has 1 aliphatic rings. The van der Waals surface area contributed by atoms with Crippen LogP contribution in [0.4, 0.5) is 46.4 Å². The number of aromatic nitrogens is 1. The van der Waals surface area contributed by atoms with Gasteiger partial charge in [0.2, 0.25) is 0 Å². The lowest BCUT2D eigenvalue weighted by Crippen LogP contribution is -2.20. The zero-order chi connectivity index (χ0) is 28.4. The van der Waals surface area contributed by atoms with E-state index in [0.717, 1.165) is 29.5 Å². The number of hydrogen-bond acceptors (Lipinski definition) is 4. The summed E-state index contributed by atoms with van der Waals surface area (Å²) >= 11 is 5.97. The zero-order valence-electron chi connectivity index (χ0n) is 20.7. The molecule has 0 saturated heterocycles. The number of amides is 3. The van der Waals surface area contributed by atoms with Crippen LogP contribution in [0.1, 0.15) is 16.8 Å². The van der Waals surface area contributed by atoms with E-state index in [1.54, 1.807) is 42.6 Å². The number of anilines is 5. The molecule has 204 valence electrons. The third-order valence-corrected chi connectivity index (χ3v) is 6.33. The highest BCUT2D eigenvalue weighted by atomic mass is 35.5. The lowest BCUT2D eigenvalue weighted by Gasteiger charge is -2.15. The first-order valence-corrected chi connectivity index (χ1v) is 12.2. The van der Waals surface area contributed by atoms with E-state index in [1.807, 2.05) is 18.2 Å². The molecule has 4 aromatic rings. The quantitative estimate of drug-likeness (QED) is 0.155. The van der Waals surface area contributed by atoms with Crippen LogP contribution < -0.4 is 26.0 Å². The second kappa shape index (κ2) is 10.7. The van der Waals surface area contributed by atoms with Gasteiger partial charge in [0, 0.05) is 28.8 Å². The van der Waals surface area contributed by atoms with Crippen molar-refractivity contribution in [3.8, 4) is 5.75 Å².